The van der Waals surface area contributed by atoms with Gasteiger partial charge in [-0.15, -0.1) is 0 Å². The fraction of sp³-hybridized carbons (Fsp3) is 0.286. The Morgan fingerprint density at radius 2 is 2.20 bits per heavy atom. The number of nitrogens with one attached hydrogen (secondary N) is 1. The molecule has 6 heteroatoms. The third-order valence-corrected chi connectivity index (χ3v) is 3.31. The Bertz CT molecular complexity index is 726. The van der Waals surface area contributed by atoms with Gasteiger partial charge in [0, 0.05) is 25.1 Å². The average molecular weight is 270 g/mol. The van der Waals surface area contributed by atoms with Crippen molar-refractivity contribution in [2.45, 2.75) is 13.1 Å². The molecular formula is C14H18N6. The Labute approximate surface area is 117 Å². The lowest BCUT2D eigenvalue weighted by Crippen LogP contribution is -2.20. The lowest BCUT2D eigenvalue weighted by Gasteiger charge is -2.14. The smallest absolute Gasteiger partial charge is 0.122 e. The van der Waals surface area contributed by atoms with Gasteiger partial charge < -0.3 is 15.3 Å². The summed E-state index contributed by atoms with van der Waals surface area (Å²) in [5.41, 5.74) is 8.44. The van der Waals surface area contributed by atoms with E-state index in [1.54, 1.807) is 0 Å². The standard InChI is InChI=1S/C14H18N6/c1-19(9-14-16-5-6-20(14)2)8-13-17-11-4-3-10(15)7-12(11)18-13/h3-7H,8-9,15H2,1-2H3,(H,17,18). The van der Waals surface area contributed by atoms with E-state index < -0.39 is 0 Å². The Morgan fingerprint density at radius 1 is 1.35 bits per heavy atom. The highest BCUT2D eigenvalue weighted by atomic mass is 15.2. The minimum atomic E-state index is 0.738. The van der Waals surface area contributed by atoms with Gasteiger partial charge in [0.15, 0.2) is 0 Å². The van der Waals surface area contributed by atoms with E-state index in [1.165, 1.54) is 0 Å². The number of H-pyrrole nitrogens is 1. The van der Waals surface area contributed by atoms with Crippen LogP contribution in [0, 0.1) is 0 Å². The molecule has 6 nitrogen and oxygen atoms in total. The number of nitrogens with two attached hydrogens (primary N) is 1. The van der Waals surface area contributed by atoms with Gasteiger partial charge in [-0.2, -0.15) is 0 Å². The molecule has 104 valence electrons. The maximum Gasteiger partial charge on any atom is 0.122 e. The van der Waals surface area contributed by atoms with Gasteiger partial charge in [-0.1, -0.05) is 0 Å². The number of aromatic amines is 1. The normalized spacial score (nSPS) is 11.6. The minimum Gasteiger partial charge on any atom is -0.399 e. The monoisotopic (exact) mass is 270 g/mol. The van der Waals surface area contributed by atoms with E-state index in [2.05, 4.69) is 26.9 Å². The second-order valence-corrected chi connectivity index (χ2v) is 5.09. The number of aryl methyl sites for hydroxylation is 1. The van der Waals surface area contributed by atoms with Gasteiger partial charge in [-0.05, 0) is 25.2 Å². The number of nitrogen functional groups attached to an aromatic ring is 1. The average Bonchev–Trinajstić information content (AvgIpc) is 2.95. The van der Waals surface area contributed by atoms with Crippen molar-refractivity contribution in [2.24, 2.45) is 7.05 Å². The first-order chi connectivity index (χ1) is 9.61. The summed E-state index contributed by atoms with van der Waals surface area (Å²) >= 11 is 0. The highest BCUT2D eigenvalue weighted by molar-refractivity contribution is 5.78. The molecule has 0 spiro atoms. The summed E-state index contributed by atoms with van der Waals surface area (Å²) in [7, 11) is 4.05. The van der Waals surface area contributed by atoms with Crippen molar-refractivity contribution in [3.05, 3.63) is 42.2 Å². The molecule has 20 heavy (non-hydrogen) atoms. The lowest BCUT2D eigenvalue weighted by atomic mass is 10.3. The Kier molecular flexibility index (Phi) is 3.15. The molecule has 1 aromatic carbocycles. The van der Waals surface area contributed by atoms with Crippen molar-refractivity contribution in [2.75, 3.05) is 12.8 Å². The molecule has 0 saturated carbocycles. The third kappa shape index (κ3) is 2.50. The van der Waals surface area contributed by atoms with Crippen LogP contribution in [-0.2, 0) is 20.1 Å². The zero-order valence-corrected chi connectivity index (χ0v) is 11.7. The largest absolute Gasteiger partial charge is 0.399 e. The Hall–Kier alpha value is -2.34. The van der Waals surface area contributed by atoms with Crippen LogP contribution in [0.2, 0.25) is 0 Å². The van der Waals surface area contributed by atoms with E-state index in [-0.39, 0.29) is 0 Å². The molecule has 0 aliphatic rings. The van der Waals surface area contributed by atoms with Crippen molar-refractivity contribution < 1.29 is 0 Å². The van der Waals surface area contributed by atoms with E-state index in [1.807, 2.05) is 42.2 Å². The van der Waals surface area contributed by atoms with Gasteiger partial charge >= 0.3 is 0 Å². The molecule has 3 aromatic rings. The molecule has 2 heterocycles. The van der Waals surface area contributed by atoms with E-state index in [4.69, 9.17) is 5.73 Å². The summed E-state index contributed by atoms with van der Waals surface area (Å²) in [4.78, 5) is 14.4. The number of rotatable bonds is 4. The first-order valence-electron chi connectivity index (χ1n) is 6.50. The van der Waals surface area contributed by atoms with Crippen molar-refractivity contribution in [3.63, 3.8) is 0 Å². The zero-order valence-electron chi connectivity index (χ0n) is 11.7. The molecule has 3 N–H and O–H groups in total. The van der Waals surface area contributed by atoms with Gasteiger partial charge in [0.25, 0.3) is 0 Å². The number of fused-ring (bicyclic) bond motifs is 1. The van der Waals surface area contributed by atoms with E-state index in [0.717, 1.165) is 41.5 Å². The Morgan fingerprint density at radius 3 is 2.95 bits per heavy atom. The number of hydrogen-bond donors (Lipinski definition) is 2. The van der Waals surface area contributed by atoms with Gasteiger partial charge in [0.1, 0.15) is 11.6 Å². The molecular weight excluding hydrogens is 252 g/mol. The van der Waals surface area contributed by atoms with Crippen LogP contribution in [0.4, 0.5) is 5.69 Å². The maximum absolute atomic E-state index is 5.77. The molecule has 0 aliphatic carbocycles. The summed E-state index contributed by atoms with van der Waals surface area (Å²) < 4.78 is 2.02. The van der Waals surface area contributed by atoms with Crippen molar-refractivity contribution in [1.82, 2.24) is 24.4 Å². The van der Waals surface area contributed by atoms with E-state index in [0.29, 0.717) is 0 Å². The maximum atomic E-state index is 5.77. The fourth-order valence-electron chi connectivity index (χ4n) is 2.26. The lowest BCUT2D eigenvalue weighted by molar-refractivity contribution is 0.300. The summed E-state index contributed by atoms with van der Waals surface area (Å²) in [5, 5.41) is 0. The second kappa shape index (κ2) is 4.97. The molecule has 0 bridgehead atoms. The second-order valence-electron chi connectivity index (χ2n) is 5.09. The molecule has 0 atom stereocenters. The highest BCUT2D eigenvalue weighted by Crippen LogP contribution is 2.15. The first-order valence-corrected chi connectivity index (χ1v) is 6.50. The summed E-state index contributed by atoms with van der Waals surface area (Å²) in [6.45, 7) is 1.52. The molecule has 0 unspecified atom stereocenters. The van der Waals surface area contributed by atoms with E-state index >= 15 is 0 Å². The molecule has 0 saturated heterocycles. The summed E-state index contributed by atoms with van der Waals surface area (Å²) in [6.07, 6.45) is 3.76. The first kappa shape index (κ1) is 12.7. The van der Waals surface area contributed by atoms with Gasteiger partial charge in [-0.3, -0.25) is 4.90 Å². The zero-order chi connectivity index (χ0) is 14.1. The van der Waals surface area contributed by atoms with Crippen molar-refractivity contribution in [1.29, 1.82) is 0 Å². The number of aromatic nitrogens is 4. The summed E-state index contributed by atoms with van der Waals surface area (Å²) in [6, 6.07) is 5.71. The molecule has 0 aliphatic heterocycles. The van der Waals surface area contributed by atoms with Crippen molar-refractivity contribution in [3.8, 4) is 0 Å². The van der Waals surface area contributed by atoms with Crippen molar-refractivity contribution >= 4 is 16.7 Å². The van der Waals surface area contributed by atoms with Crippen LogP contribution < -0.4 is 5.73 Å². The molecule has 3 rings (SSSR count). The topological polar surface area (TPSA) is 75.8 Å². The Balaban J connectivity index is 1.74. The third-order valence-electron chi connectivity index (χ3n) is 3.31. The highest BCUT2D eigenvalue weighted by Gasteiger charge is 2.08. The van der Waals surface area contributed by atoms with Crippen LogP contribution in [0.1, 0.15) is 11.6 Å². The van der Waals surface area contributed by atoms with Crippen LogP contribution in [0.15, 0.2) is 30.6 Å². The van der Waals surface area contributed by atoms with Crippen LogP contribution in [0.25, 0.3) is 11.0 Å². The number of imidazole rings is 2. The summed E-state index contributed by atoms with van der Waals surface area (Å²) in [5.74, 6) is 1.97. The molecule has 0 radical (unpaired) electrons. The molecule has 0 fully saturated rings. The van der Waals surface area contributed by atoms with Gasteiger partial charge in [0.2, 0.25) is 0 Å². The van der Waals surface area contributed by atoms with Crippen LogP contribution >= 0.6 is 0 Å². The predicted octanol–water partition coefficient (Wildman–Crippen LogP) is 1.51. The number of hydrogen-bond acceptors (Lipinski definition) is 4. The van der Waals surface area contributed by atoms with Crippen LogP contribution in [0.3, 0.4) is 0 Å². The van der Waals surface area contributed by atoms with Crippen LogP contribution in [-0.4, -0.2) is 31.5 Å². The SMILES string of the molecule is CN(Cc1nc2ccc(N)cc2[nH]1)Cc1nccn1C. The van der Waals surface area contributed by atoms with Gasteiger partial charge in [0.05, 0.1) is 24.1 Å². The predicted molar refractivity (Wildman–Crippen MR) is 78.9 cm³/mol. The van der Waals surface area contributed by atoms with E-state index in [9.17, 15) is 0 Å². The molecule has 2 aromatic heterocycles. The number of anilines is 1. The quantitative estimate of drug-likeness (QED) is 0.705. The number of nitrogens with zero attached hydrogens (tertiary/aromatic N) is 4. The van der Waals surface area contributed by atoms with Gasteiger partial charge in [-0.25, -0.2) is 9.97 Å². The number of benzene rings is 1. The van der Waals surface area contributed by atoms with Crippen LogP contribution in [0.5, 0.6) is 0 Å². The fourth-order valence-corrected chi connectivity index (χ4v) is 2.26. The minimum absolute atomic E-state index is 0.738. The molecule has 0 amide bonds.